The molecule has 1 aliphatic carbocycles. The Hall–Kier alpha value is -3.88. The van der Waals surface area contributed by atoms with Gasteiger partial charge in [-0.25, -0.2) is 0 Å². The standard InChI is InChI=1S/C58H78N2O4S2/c1-55(2,3)45-29-37-25-41-33-47(57(7,8)9)35-43(53(41)63-21-15-13-17-49-59-19-23-65-49)27-39-31-46(56(4,5)6)32-40(52(39)62)28-44-36-48(58(10,11)12)34-42(26-38(30-45)51(37)61)54(44)64-22-16-14-18-50-60-20-24-66-50/h29-36,61-62H,13-28H2,1-12H3. The Kier molecular flexibility index (Phi) is 15.4. The number of aromatic hydroxyl groups is 2. The maximum atomic E-state index is 12.7. The van der Waals surface area contributed by atoms with Gasteiger partial charge in [-0.05, 0) is 127 Å². The van der Waals surface area contributed by atoms with Crippen LogP contribution in [0.5, 0.6) is 23.0 Å². The molecule has 0 radical (unpaired) electrons. The number of ether oxygens (including phenoxy) is 2. The maximum absolute atomic E-state index is 12.7. The van der Waals surface area contributed by atoms with Gasteiger partial charge in [0.1, 0.15) is 23.0 Å². The van der Waals surface area contributed by atoms with E-state index in [1.165, 1.54) is 32.3 Å². The molecule has 0 spiro atoms. The summed E-state index contributed by atoms with van der Waals surface area (Å²) in [4.78, 5) is 9.38. The molecule has 356 valence electrons. The van der Waals surface area contributed by atoms with Crippen LogP contribution in [0.4, 0.5) is 0 Å². The van der Waals surface area contributed by atoms with Crippen molar-refractivity contribution in [3.63, 3.8) is 0 Å². The average Bonchev–Trinajstić information content (AvgIpc) is 3.95. The topological polar surface area (TPSA) is 83.6 Å². The quantitative estimate of drug-likeness (QED) is 0.121. The molecule has 4 aromatic carbocycles. The number of fused-ring (bicyclic) bond motifs is 8. The van der Waals surface area contributed by atoms with E-state index in [1.54, 1.807) is 0 Å². The number of nitrogens with zero attached hydrogens (tertiary/aromatic N) is 2. The third-order valence-electron chi connectivity index (χ3n) is 13.4. The molecule has 2 heterocycles. The van der Waals surface area contributed by atoms with E-state index in [1.807, 2.05) is 23.5 Å². The Labute approximate surface area is 406 Å². The van der Waals surface area contributed by atoms with Crippen LogP contribution in [0.1, 0.15) is 188 Å². The number of thioether (sulfide) groups is 2. The molecule has 66 heavy (non-hydrogen) atoms. The number of hydrogen-bond donors (Lipinski definition) is 2. The molecule has 2 aliphatic heterocycles. The second-order valence-corrected chi connectivity index (χ2v) is 25.4. The SMILES string of the molecule is CC(C)(C)c1cc2c(O)c(c1)Cc1cc(C(C)(C)C)cc(c1OCCCCC1=NCCS1)Cc1cc(C(C)(C)C)cc(c1O)Cc1cc(C(C)(C)C)cc(c1OCCCCC1=NCCS1)C2. The van der Waals surface area contributed by atoms with E-state index < -0.39 is 0 Å². The number of aliphatic imine (C=N–C) groups is 2. The Morgan fingerprint density at radius 3 is 0.939 bits per heavy atom. The largest absolute Gasteiger partial charge is 0.507 e. The number of unbranched alkanes of at least 4 members (excludes halogenated alkanes) is 2. The molecule has 0 unspecified atom stereocenters. The van der Waals surface area contributed by atoms with Gasteiger partial charge in [0.15, 0.2) is 0 Å². The Morgan fingerprint density at radius 1 is 0.424 bits per heavy atom. The minimum Gasteiger partial charge on any atom is -0.507 e. The molecule has 0 fully saturated rings. The van der Waals surface area contributed by atoms with Gasteiger partial charge in [0.2, 0.25) is 0 Å². The van der Waals surface area contributed by atoms with Crippen LogP contribution in [0.2, 0.25) is 0 Å². The fourth-order valence-electron chi connectivity index (χ4n) is 9.18. The predicted molar refractivity (Wildman–Crippen MR) is 283 cm³/mol. The molecule has 0 atom stereocenters. The Balaban J connectivity index is 1.43. The minimum absolute atomic E-state index is 0.156. The van der Waals surface area contributed by atoms with Crippen molar-refractivity contribution < 1.29 is 19.7 Å². The summed E-state index contributed by atoms with van der Waals surface area (Å²) in [6, 6.07) is 18.2. The van der Waals surface area contributed by atoms with Gasteiger partial charge < -0.3 is 19.7 Å². The number of phenols is 2. The van der Waals surface area contributed by atoms with Crippen molar-refractivity contribution in [2.75, 3.05) is 37.8 Å². The molecule has 6 nitrogen and oxygen atoms in total. The smallest absolute Gasteiger partial charge is 0.126 e. The maximum Gasteiger partial charge on any atom is 0.126 e. The van der Waals surface area contributed by atoms with Gasteiger partial charge >= 0.3 is 0 Å². The number of benzene rings is 4. The molecule has 0 amide bonds. The first-order valence-electron chi connectivity index (χ1n) is 24.7. The number of phenolic OH excluding ortho intramolecular Hbond substituents is 2. The highest BCUT2D eigenvalue weighted by Gasteiger charge is 2.29. The minimum atomic E-state index is -0.164. The van der Waals surface area contributed by atoms with Crippen LogP contribution >= 0.6 is 23.5 Å². The number of rotatable bonds is 12. The second-order valence-electron chi connectivity index (χ2n) is 23.1. The van der Waals surface area contributed by atoms with Crippen molar-refractivity contribution >= 4 is 33.6 Å². The van der Waals surface area contributed by atoms with Crippen LogP contribution in [0.15, 0.2) is 58.5 Å². The van der Waals surface area contributed by atoms with Gasteiger partial charge in [-0.3, -0.25) is 9.98 Å². The molecule has 8 bridgehead atoms. The molecule has 7 rings (SSSR count). The van der Waals surface area contributed by atoms with Gasteiger partial charge in [0.05, 0.1) is 23.3 Å². The van der Waals surface area contributed by atoms with Crippen molar-refractivity contribution in [1.82, 2.24) is 0 Å². The molecule has 2 N–H and O–H groups in total. The van der Waals surface area contributed by atoms with Crippen molar-refractivity contribution in [3.8, 4) is 23.0 Å². The molecule has 0 aromatic heterocycles. The summed E-state index contributed by atoms with van der Waals surface area (Å²) in [6.45, 7) is 30.1. The van der Waals surface area contributed by atoms with Crippen LogP contribution < -0.4 is 9.47 Å². The summed E-state index contributed by atoms with van der Waals surface area (Å²) in [7, 11) is 0. The molecule has 8 heteroatoms. The highest BCUT2D eigenvalue weighted by atomic mass is 32.2. The lowest BCUT2D eigenvalue weighted by atomic mass is 9.79. The highest BCUT2D eigenvalue weighted by Crippen LogP contribution is 2.44. The first-order chi connectivity index (χ1) is 31.0. The fraction of sp³-hybridized carbons (Fsp3) is 0.552. The highest BCUT2D eigenvalue weighted by molar-refractivity contribution is 8.14. The van der Waals surface area contributed by atoms with Gasteiger partial charge in [-0.2, -0.15) is 0 Å². The monoisotopic (exact) mass is 931 g/mol. The van der Waals surface area contributed by atoms with E-state index in [2.05, 4.69) is 142 Å². The molecule has 0 saturated carbocycles. The van der Waals surface area contributed by atoms with Gasteiger partial charge in [0.25, 0.3) is 0 Å². The van der Waals surface area contributed by atoms with Crippen molar-refractivity contribution in [3.05, 3.63) is 115 Å². The second kappa shape index (κ2) is 20.4. The summed E-state index contributed by atoms with van der Waals surface area (Å²) in [5.74, 6) is 4.57. The van der Waals surface area contributed by atoms with Crippen LogP contribution in [0, 0.1) is 0 Å². The first kappa shape index (κ1) is 50.0. The Bertz CT molecular complexity index is 2190. The van der Waals surface area contributed by atoms with E-state index in [0.717, 1.165) is 119 Å². The van der Waals surface area contributed by atoms with Crippen LogP contribution in [-0.4, -0.2) is 58.1 Å². The third kappa shape index (κ3) is 12.4. The van der Waals surface area contributed by atoms with E-state index in [-0.39, 0.29) is 21.7 Å². The summed E-state index contributed by atoms with van der Waals surface area (Å²) >= 11 is 3.77. The molecule has 0 saturated heterocycles. The predicted octanol–water partition coefficient (Wildman–Crippen LogP) is 14.4. The van der Waals surface area contributed by atoms with E-state index in [4.69, 9.17) is 9.47 Å². The van der Waals surface area contributed by atoms with E-state index >= 15 is 0 Å². The van der Waals surface area contributed by atoms with Gasteiger partial charge in [-0.1, -0.05) is 132 Å². The van der Waals surface area contributed by atoms with Crippen molar-refractivity contribution in [2.24, 2.45) is 9.98 Å². The number of hydrogen-bond acceptors (Lipinski definition) is 8. The van der Waals surface area contributed by atoms with Crippen molar-refractivity contribution in [1.29, 1.82) is 0 Å². The molecule has 4 aromatic rings. The average molecular weight is 931 g/mol. The summed E-state index contributed by atoms with van der Waals surface area (Å²) in [6.07, 6.45) is 7.85. The van der Waals surface area contributed by atoms with E-state index in [9.17, 15) is 10.2 Å². The summed E-state index contributed by atoms with van der Waals surface area (Å²) in [5, 5.41) is 27.8. The lowest BCUT2D eigenvalue weighted by Gasteiger charge is -2.28. The van der Waals surface area contributed by atoms with Gasteiger partial charge in [-0.15, -0.1) is 23.5 Å². The van der Waals surface area contributed by atoms with Gasteiger partial charge in [0, 0.05) is 50.3 Å². The zero-order valence-corrected chi connectivity index (χ0v) is 44.0. The Morgan fingerprint density at radius 2 is 0.697 bits per heavy atom. The lowest BCUT2D eigenvalue weighted by Crippen LogP contribution is -2.17. The zero-order chi connectivity index (χ0) is 47.6. The van der Waals surface area contributed by atoms with Crippen LogP contribution in [0.25, 0.3) is 0 Å². The first-order valence-corrected chi connectivity index (χ1v) is 26.6. The third-order valence-corrected chi connectivity index (χ3v) is 15.5. The normalized spacial score (nSPS) is 15.8. The molecular formula is C58H78N2O4S2. The molecular weight excluding hydrogens is 853 g/mol. The van der Waals surface area contributed by atoms with E-state index in [0.29, 0.717) is 50.4 Å². The molecule has 3 aliphatic rings. The fourth-order valence-corrected chi connectivity index (χ4v) is 11.0. The van der Waals surface area contributed by atoms with Crippen molar-refractivity contribution in [2.45, 2.75) is 169 Å². The lowest BCUT2D eigenvalue weighted by molar-refractivity contribution is 0.302. The zero-order valence-electron chi connectivity index (χ0n) is 42.4. The van der Waals surface area contributed by atoms with Crippen LogP contribution in [0.3, 0.4) is 0 Å². The summed E-state index contributed by atoms with van der Waals surface area (Å²) in [5.41, 5.74) is 11.9. The van der Waals surface area contributed by atoms with Crippen LogP contribution in [-0.2, 0) is 47.3 Å². The summed E-state index contributed by atoms with van der Waals surface area (Å²) < 4.78 is 14.0.